The molecule has 1 saturated heterocycles. The Kier molecular flexibility index (Phi) is 4.16. The van der Waals surface area contributed by atoms with Crippen molar-refractivity contribution < 1.29 is 9.53 Å². The first-order chi connectivity index (χ1) is 12.2. The summed E-state index contributed by atoms with van der Waals surface area (Å²) >= 11 is 6.12. The minimum absolute atomic E-state index is 0.0887. The van der Waals surface area contributed by atoms with E-state index >= 15 is 0 Å². The van der Waals surface area contributed by atoms with Crippen LogP contribution in [0.3, 0.4) is 0 Å². The summed E-state index contributed by atoms with van der Waals surface area (Å²) in [6.45, 7) is 2.52. The molecule has 0 spiro atoms. The van der Waals surface area contributed by atoms with Gasteiger partial charge in [0.05, 0.1) is 24.4 Å². The third-order valence-electron chi connectivity index (χ3n) is 3.78. The Morgan fingerprint density at radius 3 is 2.92 bits per heavy atom. The second-order valence-corrected chi connectivity index (χ2v) is 5.78. The predicted octanol–water partition coefficient (Wildman–Crippen LogP) is 1.26. The van der Waals surface area contributed by atoms with E-state index in [1.807, 2.05) is 17.0 Å². The van der Waals surface area contributed by atoms with Crippen LogP contribution in [-0.4, -0.2) is 56.8 Å². The van der Waals surface area contributed by atoms with Crippen LogP contribution in [0.15, 0.2) is 30.6 Å². The molecule has 3 aromatic rings. The first-order valence-electron chi connectivity index (χ1n) is 7.69. The monoisotopic (exact) mass is 359 g/mol. The first kappa shape index (κ1) is 15.7. The quantitative estimate of drug-likeness (QED) is 0.751. The summed E-state index contributed by atoms with van der Waals surface area (Å²) in [5.74, 6) is 0.271. The largest absolute Gasteiger partial charge is 0.378 e. The van der Waals surface area contributed by atoms with Gasteiger partial charge in [-0.05, 0) is 12.1 Å². The van der Waals surface area contributed by atoms with Crippen molar-refractivity contribution in [1.29, 1.82) is 0 Å². The van der Waals surface area contributed by atoms with Crippen LogP contribution >= 0.6 is 11.6 Å². The second-order valence-electron chi connectivity index (χ2n) is 5.37. The maximum absolute atomic E-state index is 12.6. The number of nitrogens with zero attached hydrogens (tertiary/aromatic N) is 6. The van der Waals surface area contributed by atoms with Gasteiger partial charge in [0.25, 0.3) is 5.91 Å². The Morgan fingerprint density at radius 1 is 1.24 bits per heavy atom. The van der Waals surface area contributed by atoms with Gasteiger partial charge in [0.2, 0.25) is 11.9 Å². The molecule has 1 amide bonds. The van der Waals surface area contributed by atoms with Crippen LogP contribution in [-0.2, 0) is 4.74 Å². The summed E-state index contributed by atoms with van der Waals surface area (Å²) in [6.07, 6.45) is 3.18. The molecule has 1 N–H and O–H groups in total. The lowest BCUT2D eigenvalue weighted by Crippen LogP contribution is -2.37. The third-order valence-corrected chi connectivity index (χ3v) is 4.06. The van der Waals surface area contributed by atoms with Crippen molar-refractivity contribution in [3.8, 4) is 0 Å². The van der Waals surface area contributed by atoms with E-state index < -0.39 is 5.91 Å². The Morgan fingerprint density at radius 2 is 2.08 bits per heavy atom. The van der Waals surface area contributed by atoms with Crippen LogP contribution in [0.1, 0.15) is 10.5 Å². The number of carbonyl (C=O) groups is 1. The summed E-state index contributed by atoms with van der Waals surface area (Å²) in [5.41, 5.74) is 0.714. The topological polar surface area (TPSA) is 97.5 Å². The molecule has 4 heterocycles. The second kappa shape index (κ2) is 6.61. The normalized spacial score (nSPS) is 14.7. The van der Waals surface area contributed by atoms with Gasteiger partial charge in [-0.15, -0.1) is 10.2 Å². The zero-order valence-corrected chi connectivity index (χ0v) is 13.8. The average molecular weight is 360 g/mol. The van der Waals surface area contributed by atoms with Crippen molar-refractivity contribution in [1.82, 2.24) is 24.6 Å². The summed E-state index contributed by atoms with van der Waals surface area (Å²) in [7, 11) is 0. The molecule has 128 valence electrons. The molecule has 0 atom stereocenters. The van der Waals surface area contributed by atoms with Crippen LogP contribution in [0.5, 0.6) is 0 Å². The standard InChI is InChI=1S/C15H14ClN7O2/c16-10-9-17-14(22-5-7-25-8-6-22)18-12(10)13(24)19-15-21-20-11-3-1-2-4-23(11)15/h1-4,9H,5-8H2,(H,19,21,24). The van der Waals surface area contributed by atoms with Gasteiger partial charge in [-0.3, -0.25) is 14.5 Å². The van der Waals surface area contributed by atoms with E-state index in [1.165, 1.54) is 6.20 Å². The molecular formula is C15H14ClN7O2. The number of aromatic nitrogens is 5. The van der Waals surface area contributed by atoms with Crippen molar-refractivity contribution in [3.63, 3.8) is 0 Å². The van der Waals surface area contributed by atoms with Crippen LogP contribution in [0.4, 0.5) is 11.9 Å². The highest BCUT2D eigenvalue weighted by atomic mass is 35.5. The minimum Gasteiger partial charge on any atom is -0.378 e. The molecule has 1 aliphatic heterocycles. The van der Waals surface area contributed by atoms with Crippen LogP contribution in [0, 0.1) is 0 Å². The van der Waals surface area contributed by atoms with E-state index in [4.69, 9.17) is 16.3 Å². The summed E-state index contributed by atoms with van der Waals surface area (Å²) in [6, 6.07) is 5.45. The fraction of sp³-hybridized carbons (Fsp3) is 0.267. The van der Waals surface area contributed by atoms with Crippen LogP contribution < -0.4 is 10.2 Å². The maximum Gasteiger partial charge on any atom is 0.278 e. The molecule has 0 radical (unpaired) electrons. The molecular weight excluding hydrogens is 346 g/mol. The molecule has 9 nitrogen and oxygen atoms in total. The number of fused-ring (bicyclic) bond motifs is 1. The Labute approximate surface area is 147 Å². The van der Waals surface area contributed by atoms with Crippen molar-refractivity contribution in [2.24, 2.45) is 0 Å². The fourth-order valence-corrected chi connectivity index (χ4v) is 2.70. The van der Waals surface area contributed by atoms with E-state index in [1.54, 1.807) is 16.7 Å². The van der Waals surface area contributed by atoms with E-state index in [0.717, 1.165) is 0 Å². The van der Waals surface area contributed by atoms with Crippen LogP contribution in [0.2, 0.25) is 5.02 Å². The van der Waals surface area contributed by atoms with Crippen molar-refractivity contribution in [3.05, 3.63) is 41.3 Å². The lowest BCUT2D eigenvalue weighted by Gasteiger charge is -2.26. The molecule has 4 rings (SSSR count). The highest BCUT2D eigenvalue weighted by Gasteiger charge is 2.20. The Bertz CT molecular complexity index is 923. The Balaban J connectivity index is 1.61. The van der Waals surface area contributed by atoms with Gasteiger partial charge in [0, 0.05) is 19.3 Å². The number of morpholine rings is 1. The lowest BCUT2D eigenvalue weighted by atomic mass is 10.3. The van der Waals surface area contributed by atoms with Gasteiger partial charge in [-0.25, -0.2) is 9.97 Å². The number of ether oxygens (including phenoxy) is 1. The number of carbonyl (C=O) groups excluding carboxylic acids is 1. The molecule has 0 unspecified atom stereocenters. The number of nitrogens with one attached hydrogen (secondary N) is 1. The maximum atomic E-state index is 12.6. The van der Waals surface area contributed by atoms with E-state index in [2.05, 4.69) is 25.5 Å². The molecule has 0 saturated carbocycles. The van der Waals surface area contributed by atoms with Crippen LogP contribution in [0.25, 0.3) is 5.65 Å². The number of hydrogen-bond acceptors (Lipinski definition) is 7. The van der Waals surface area contributed by atoms with Gasteiger partial charge in [0.15, 0.2) is 11.3 Å². The van der Waals surface area contributed by atoms with Gasteiger partial charge in [0.1, 0.15) is 0 Å². The van der Waals surface area contributed by atoms with Crippen molar-refractivity contribution >= 4 is 35.1 Å². The third kappa shape index (κ3) is 3.11. The molecule has 1 aliphatic rings. The molecule has 0 aromatic carbocycles. The highest BCUT2D eigenvalue weighted by Crippen LogP contribution is 2.19. The van der Waals surface area contributed by atoms with Crippen molar-refractivity contribution in [2.75, 3.05) is 36.5 Å². The number of halogens is 1. The van der Waals surface area contributed by atoms with E-state index in [9.17, 15) is 4.79 Å². The molecule has 0 aliphatic carbocycles. The molecule has 25 heavy (non-hydrogen) atoms. The van der Waals surface area contributed by atoms with Crippen molar-refractivity contribution in [2.45, 2.75) is 0 Å². The summed E-state index contributed by atoms with van der Waals surface area (Å²) in [5, 5.41) is 10.8. The SMILES string of the molecule is O=C(Nc1nnc2ccccn12)c1nc(N2CCOCC2)ncc1Cl. The first-order valence-corrected chi connectivity index (χ1v) is 8.06. The smallest absolute Gasteiger partial charge is 0.278 e. The highest BCUT2D eigenvalue weighted by molar-refractivity contribution is 6.33. The number of pyridine rings is 1. The van der Waals surface area contributed by atoms with E-state index in [0.29, 0.717) is 43.8 Å². The fourth-order valence-electron chi connectivity index (χ4n) is 2.52. The zero-order valence-electron chi connectivity index (χ0n) is 13.1. The average Bonchev–Trinajstić information content (AvgIpc) is 3.06. The predicted molar refractivity (Wildman–Crippen MR) is 91.0 cm³/mol. The van der Waals surface area contributed by atoms with Gasteiger partial charge in [-0.2, -0.15) is 0 Å². The minimum atomic E-state index is -0.472. The Hall–Kier alpha value is -2.78. The summed E-state index contributed by atoms with van der Waals surface area (Å²) in [4.78, 5) is 23.1. The number of amides is 1. The number of anilines is 2. The number of rotatable bonds is 3. The van der Waals surface area contributed by atoms with E-state index in [-0.39, 0.29) is 10.7 Å². The lowest BCUT2D eigenvalue weighted by molar-refractivity contribution is 0.102. The molecule has 1 fully saturated rings. The molecule has 3 aromatic heterocycles. The van der Waals surface area contributed by atoms with Gasteiger partial charge >= 0.3 is 0 Å². The molecule has 10 heteroatoms. The zero-order chi connectivity index (χ0) is 17.2. The van der Waals surface area contributed by atoms with Gasteiger partial charge in [-0.1, -0.05) is 17.7 Å². The van der Waals surface area contributed by atoms with Gasteiger partial charge < -0.3 is 9.64 Å². The summed E-state index contributed by atoms with van der Waals surface area (Å²) < 4.78 is 6.98. The number of hydrogen-bond donors (Lipinski definition) is 1. The molecule has 0 bridgehead atoms.